The number of benzene rings is 4. The number of hydroxylamine groups is 2. The smallest absolute Gasteiger partial charge is 0.497 e. The number of hydrogen-bond acceptors (Lipinski definition) is 10. The molecule has 0 aliphatic carbocycles. The molecule has 0 spiro atoms. The van der Waals surface area contributed by atoms with Crippen molar-refractivity contribution < 1.29 is 42.8 Å². The molecule has 0 aromatic heterocycles. The second kappa shape index (κ2) is 18.1. The summed E-state index contributed by atoms with van der Waals surface area (Å²) in [6.07, 6.45) is -0.416. The van der Waals surface area contributed by atoms with Crippen LogP contribution in [0.25, 0.3) is 10.8 Å². The standard InChI is InChI=1S/C42H53NO9Si/c1-42(2,3)51-41(45)52-43-22-21-36(32-17-15-30(16-18-32)27-49-40(44)33-12-10-13-35(25-33)46-4)38(26-43)48-28-34-20-19-31-11-8-9-14-37(31)39(34)50-29-47-23-24-53(5,6)7/h8-20,25,36,38H,21-24,26-29H2,1-7H3. The van der Waals surface area contributed by atoms with Gasteiger partial charge in [-0.15, -0.1) is 5.06 Å². The number of ether oxygens (including phenoxy) is 6. The molecule has 0 amide bonds. The summed E-state index contributed by atoms with van der Waals surface area (Å²) < 4.78 is 35.2. The molecule has 2 unspecified atom stereocenters. The predicted molar refractivity (Wildman–Crippen MR) is 207 cm³/mol. The van der Waals surface area contributed by atoms with Crippen molar-refractivity contribution in [1.29, 1.82) is 0 Å². The van der Waals surface area contributed by atoms with Gasteiger partial charge in [-0.25, -0.2) is 9.59 Å². The van der Waals surface area contributed by atoms with Crippen LogP contribution in [-0.4, -0.2) is 70.6 Å². The Morgan fingerprint density at radius 2 is 1.68 bits per heavy atom. The maximum atomic E-state index is 12.7. The summed E-state index contributed by atoms with van der Waals surface area (Å²) in [5, 5.41) is 3.67. The van der Waals surface area contributed by atoms with Gasteiger partial charge < -0.3 is 33.3 Å². The number of piperidine rings is 1. The van der Waals surface area contributed by atoms with Gasteiger partial charge in [0.15, 0.2) is 6.79 Å². The fourth-order valence-corrected chi connectivity index (χ4v) is 6.80. The van der Waals surface area contributed by atoms with Crippen LogP contribution in [0.5, 0.6) is 11.5 Å². The largest absolute Gasteiger partial charge is 0.528 e. The minimum absolute atomic E-state index is 0.00315. The van der Waals surface area contributed by atoms with E-state index < -0.39 is 25.8 Å². The normalized spacial score (nSPS) is 16.6. The average Bonchev–Trinajstić information content (AvgIpc) is 3.12. The van der Waals surface area contributed by atoms with Gasteiger partial charge >= 0.3 is 12.1 Å². The van der Waals surface area contributed by atoms with Crippen LogP contribution in [0.2, 0.25) is 25.7 Å². The lowest BCUT2D eigenvalue weighted by atomic mass is 9.87. The quantitative estimate of drug-likeness (QED) is 0.0507. The van der Waals surface area contributed by atoms with Gasteiger partial charge in [0.2, 0.25) is 0 Å². The first-order valence-electron chi connectivity index (χ1n) is 18.2. The lowest BCUT2D eigenvalue weighted by Crippen LogP contribution is -2.45. The number of carbonyl (C=O) groups is 2. The van der Waals surface area contributed by atoms with Crippen LogP contribution >= 0.6 is 0 Å². The third kappa shape index (κ3) is 12.0. The molecule has 53 heavy (non-hydrogen) atoms. The Labute approximate surface area is 314 Å². The van der Waals surface area contributed by atoms with Crippen molar-refractivity contribution in [3.63, 3.8) is 0 Å². The van der Waals surface area contributed by atoms with E-state index in [2.05, 4.69) is 31.8 Å². The first-order chi connectivity index (χ1) is 25.3. The highest BCUT2D eigenvalue weighted by atomic mass is 28.3. The van der Waals surface area contributed by atoms with E-state index in [1.165, 1.54) is 0 Å². The average molecular weight is 744 g/mol. The highest BCUT2D eigenvalue weighted by molar-refractivity contribution is 6.76. The Kier molecular flexibility index (Phi) is 13.6. The van der Waals surface area contributed by atoms with Crippen LogP contribution in [0.15, 0.2) is 84.9 Å². The van der Waals surface area contributed by atoms with Gasteiger partial charge in [0, 0.05) is 38.1 Å². The Morgan fingerprint density at radius 3 is 2.42 bits per heavy atom. The SMILES string of the molecule is COc1cccc(C(=O)OCc2ccc(C3CCN(OC(=O)OC(C)(C)C)CC3OCc3ccc4ccccc4c3OCOCC[Si](C)(C)C)cc2)c1. The van der Waals surface area contributed by atoms with E-state index in [0.717, 1.165) is 39.3 Å². The van der Waals surface area contributed by atoms with Gasteiger partial charge in [0.05, 0.1) is 31.9 Å². The highest BCUT2D eigenvalue weighted by Gasteiger charge is 2.34. The summed E-state index contributed by atoms with van der Waals surface area (Å²) in [5.41, 5.74) is 2.57. The van der Waals surface area contributed by atoms with Gasteiger partial charge in [-0.05, 0) is 67.9 Å². The van der Waals surface area contributed by atoms with Gasteiger partial charge in [-0.1, -0.05) is 86.4 Å². The molecular weight excluding hydrogens is 691 g/mol. The maximum Gasteiger partial charge on any atom is 0.528 e. The van der Waals surface area contributed by atoms with E-state index in [-0.39, 0.29) is 32.0 Å². The van der Waals surface area contributed by atoms with Crippen LogP contribution < -0.4 is 9.47 Å². The van der Waals surface area contributed by atoms with Crippen LogP contribution in [0.1, 0.15) is 60.2 Å². The number of fused-ring (bicyclic) bond motifs is 1. The molecule has 1 heterocycles. The van der Waals surface area contributed by atoms with Crippen LogP contribution in [0.4, 0.5) is 4.79 Å². The van der Waals surface area contributed by atoms with Crippen molar-refractivity contribution in [3.8, 4) is 11.5 Å². The number of rotatable bonds is 15. The molecule has 284 valence electrons. The zero-order valence-corrected chi connectivity index (χ0v) is 33.0. The van der Waals surface area contributed by atoms with E-state index in [4.69, 9.17) is 33.3 Å². The summed E-state index contributed by atoms with van der Waals surface area (Å²) in [4.78, 5) is 30.9. The Hall–Kier alpha value is -4.42. The van der Waals surface area contributed by atoms with E-state index >= 15 is 0 Å². The summed E-state index contributed by atoms with van der Waals surface area (Å²) >= 11 is 0. The molecule has 1 saturated heterocycles. The first-order valence-corrected chi connectivity index (χ1v) is 21.9. The highest BCUT2D eigenvalue weighted by Crippen LogP contribution is 2.35. The molecule has 1 aliphatic heterocycles. The summed E-state index contributed by atoms with van der Waals surface area (Å²) in [6.45, 7) is 14.4. The van der Waals surface area contributed by atoms with Crippen molar-refractivity contribution in [2.45, 2.75) is 83.7 Å². The summed E-state index contributed by atoms with van der Waals surface area (Å²) in [6, 6.07) is 28.2. The second-order valence-corrected chi connectivity index (χ2v) is 21.1. The van der Waals surface area contributed by atoms with E-state index in [1.807, 2.05) is 48.5 Å². The molecule has 10 nitrogen and oxygen atoms in total. The molecule has 11 heteroatoms. The maximum absolute atomic E-state index is 12.7. The minimum Gasteiger partial charge on any atom is -0.497 e. The zero-order chi connectivity index (χ0) is 38.0. The molecular formula is C42H53NO9Si. The van der Waals surface area contributed by atoms with Crippen molar-refractivity contribution in [3.05, 3.63) is 107 Å². The Bertz CT molecular complexity index is 1820. The fourth-order valence-electron chi connectivity index (χ4n) is 6.05. The topological polar surface area (TPSA) is 102 Å². The second-order valence-electron chi connectivity index (χ2n) is 15.5. The molecule has 0 saturated carbocycles. The van der Waals surface area contributed by atoms with Crippen molar-refractivity contribution in [2.75, 3.05) is 33.6 Å². The molecule has 1 fully saturated rings. The van der Waals surface area contributed by atoms with Gasteiger partial charge in [-0.3, -0.25) is 0 Å². The van der Waals surface area contributed by atoms with Gasteiger partial charge in [-0.2, -0.15) is 0 Å². The van der Waals surface area contributed by atoms with E-state index in [9.17, 15) is 9.59 Å². The molecule has 5 rings (SSSR count). The number of nitrogens with zero attached hydrogens (tertiary/aromatic N) is 1. The number of hydrogen-bond donors (Lipinski definition) is 0. The number of carbonyl (C=O) groups excluding carboxylic acids is 2. The molecule has 1 aliphatic rings. The van der Waals surface area contributed by atoms with E-state index in [0.29, 0.717) is 37.4 Å². The molecule has 4 aromatic carbocycles. The van der Waals surface area contributed by atoms with Gasteiger partial charge in [0.25, 0.3) is 0 Å². The van der Waals surface area contributed by atoms with Crippen LogP contribution in [-0.2, 0) is 37.0 Å². The molecule has 4 aromatic rings. The Balaban J connectivity index is 1.30. The van der Waals surface area contributed by atoms with E-state index in [1.54, 1.807) is 57.2 Å². The molecule has 0 N–H and O–H groups in total. The van der Waals surface area contributed by atoms with Crippen LogP contribution in [0, 0.1) is 0 Å². The molecule has 0 bridgehead atoms. The molecule has 0 radical (unpaired) electrons. The monoisotopic (exact) mass is 743 g/mol. The number of methoxy groups -OCH3 is 1. The third-order valence-electron chi connectivity index (χ3n) is 8.90. The van der Waals surface area contributed by atoms with Gasteiger partial charge in [0.1, 0.15) is 23.7 Å². The zero-order valence-electron chi connectivity index (χ0n) is 32.0. The third-order valence-corrected chi connectivity index (χ3v) is 10.6. The first kappa shape index (κ1) is 39.8. The predicted octanol–water partition coefficient (Wildman–Crippen LogP) is 9.14. The lowest BCUT2D eigenvalue weighted by molar-refractivity contribution is -0.179. The van der Waals surface area contributed by atoms with Crippen LogP contribution in [0.3, 0.4) is 0 Å². The van der Waals surface area contributed by atoms with Crippen molar-refractivity contribution >= 4 is 31.0 Å². The Morgan fingerprint density at radius 1 is 0.906 bits per heavy atom. The van der Waals surface area contributed by atoms with Crippen molar-refractivity contribution in [2.24, 2.45) is 0 Å². The lowest BCUT2D eigenvalue weighted by Gasteiger charge is -2.37. The summed E-state index contributed by atoms with van der Waals surface area (Å²) in [5.74, 6) is 0.901. The van der Waals surface area contributed by atoms with Crippen molar-refractivity contribution in [1.82, 2.24) is 5.06 Å². The number of esters is 1. The fraction of sp³-hybridized carbons (Fsp3) is 0.429. The minimum atomic E-state index is -1.23. The molecule has 2 atom stereocenters. The summed E-state index contributed by atoms with van der Waals surface area (Å²) in [7, 11) is 0.326.